The predicted molar refractivity (Wildman–Crippen MR) is 91.9 cm³/mol. The molecule has 0 saturated carbocycles. The van der Waals surface area contributed by atoms with Crippen LogP contribution in [0, 0.1) is 6.92 Å². The van der Waals surface area contributed by atoms with Crippen molar-refractivity contribution in [3.63, 3.8) is 0 Å². The molecule has 3 aromatic heterocycles. The summed E-state index contributed by atoms with van der Waals surface area (Å²) in [5, 5.41) is 2.84. The second-order valence-electron chi connectivity index (χ2n) is 5.57. The van der Waals surface area contributed by atoms with Crippen LogP contribution < -0.4 is 0 Å². The van der Waals surface area contributed by atoms with E-state index in [0.29, 0.717) is 11.5 Å². The number of carbonyl (C=O) groups is 1. The van der Waals surface area contributed by atoms with Gasteiger partial charge in [0.25, 0.3) is 5.91 Å². The third-order valence-electron chi connectivity index (χ3n) is 4.12. The van der Waals surface area contributed by atoms with E-state index in [1.165, 1.54) is 16.2 Å². The van der Waals surface area contributed by atoms with E-state index in [9.17, 15) is 4.79 Å². The first kappa shape index (κ1) is 14.7. The maximum Gasteiger partial charge on any atom is 0.274 e. The molecule has 0 aromatic carbocycles. The van der Waals surface area contributed by atoms with Gasteiger partial charge in [0, 0.05) is 16.3 Å². The first-order chi connectivity index (χ1) is 11.2. The number of rotatable bonds is 3. The molecule has 1 aliphatic rings. The number of nitrogens with zero attached hydrogens (tertiary/aromatic N) is 2. The first-order valence-corrected chi connectivity index (χ1v) is 9.29. The van der Waals surface area contributed by atoms with Crippen molar-refractivity contribution >= 4 is 28.6 Å². The molecule has 118 valence electrons. The van der Waals surface area contributed by atoms with Gasteiger partial charge in [0.2, 0.25) is 0 Å². The number of amides is 1. The van der Waals surface area contributed by atoms with Gasteiger partial charge in [-0.05, 0) is 43.3 Å². The highest BCUT2D eigenvalue weighted by Crippen LogP contribution is 2.37. The van der Waals surface area contributed by atoms with Gasteiger partial charge in [-0.3, -0.25) is 4.79 Å². The molecular weight excluding hydrogens is 328 g/mol. The largest absolute Gasteiger partial charge is 0.462 e. The third kappa shape index (κ3) is 2.62. The molecule has 4 heterocycles. The molecule has 1 atom stereocenters. The summed E-state index contributed by atoms with van der Waals surface area (Å²) < 4.78 is 5.40. The van der Waals surface area contributed by atoms with Crippen LogP contribution in [0.4, 0.5) is 0 Å². The lowest BCUT2D eigenvalue weighted by Gasteiger charge is -2.23. The van der Waals surface area contributed by atoms with Gasteiger partial charge in [-0.1, -0.05) is 6.07 Å². The Morgan fingerprint density at radius 3 is 3.04 bits per heavy atom. The highest BCUT2D eigenvalue weighted by Gasteiger charge is 2.33. The van der Waals surface area contributed by atoms with Gasteiger partial charge in [-0.25, -0.2) is 4.98 Å². The van der Waals surface area contributed by atoms with Crippen LogP contribution in [0.25, 0.3) is 10.8 Å². The average molecular weight is 344 g/mol. The number of hydrogen-bond donors (Lipinski definition) is 0. The molecule has 0 aliphatic carbocycles. The van der Waals surface area contributed by atoms with E-state index in [0.717, 1.165) is 29.3 Å². The van der Waals surface area contributed by atoms with Crippen LogP contribution in [-0.4, -0.2) is 22.3 Å². The number of furan rings is 1. The summed E-state index contributed by atoms with van der Waals surface area (Å²) >= 11 is 3.23. The Morgan fingerprint density at radius 2 is 2.30 bits per heavy atom. The summed E-state index contributed by atoms with van der Waals surface area (Å²) in [4.78, 5) is 21.7. The summed E-state index contributed by atoms with van der Waals surface area (Å²) in [5.74, 6) is 0.751. The second kappa shape index (κ2) is 5.94. The fraction of sp³-hybridized carbons (Fsp3) is 0.294. The fourth-order valence-electron chi connectivity index (χ4n) is 3.02. The summed E-state index contributed by atoms with van der Waals surface area (Å²) in [6, 6.07) is 8.06. The van der Waals surface area contributed by atoms with Crippen molar-refractivity contribution in [2.24, 2.45) is 0 Å². The fourth-order valence-corrected chi connectivity index (χ4v) is 4.77. The van der Waals surface area contributed by atoms with Crippen LogP contribution in [0.1, 0.15) is 39.1 Å². The molecule has 0 spiro atoms. The molecule has 3 aromatic rings. The monoisotopic (exact) mass is 344 g/mol. The van der Waals surface area contributed by atoms with E-state index in [1.54, 1.807) is 17.6 Å². The standard InChI is InChI=1S/C17H16N2O2S2/c1-11-15(18-16(23-11)13-6-3-9-21-13)17(20)19-8-2-5-12(19)14-7-4-10-22-14/h3-4,6-7,9-10,12H,2,5,8H2,1H3. The molecule has 4 nitrogen and oxygen atoms in total. The van der Waals surface area contributed by atoms with Crippen molar-refractivity contribution in [1.29, 1.82) is 0 Å². The number of hydrogen-bond acceptors (Lipinski definition) is 5. The summed E-state index contributed by atoms with van der Waals surface area (Å²) in [7, 11) is 0. The number of aryl methyl sites for hydroxylation is 1. The third-order valence-corrected chi connectivity index (χ3v) is 6.08. The van der Waals surface area contributed by atoms with E-state index in [1.807, 2.05) is 30.0 Å². The quantitative estimate of drug-likeness (QED) is 0.689. The van der Waals surface area contributed by atoms with Crippen molar-refractivity contribution < 1.29 is 9.21 Å². The Balaban J connectivity index is 1.64. The number of likely N-dealkylation sites (tertiary alicyclic amines) is 1. The Morgan fingerprint density at radius 1 is 1.39 bits per heavy atom. The molecule has 1 amide bonds. The minimum Gasteiger partial charge on any atom is -0.462 e. The molecule has 23 heavy (non-hydrogen) atoms. The van der Waals surface area contributed by atoms with Crippen molar-refractivity contribution in [3.8, 4) is 10.8 Å². The molecule has 4 rings (SSSR count). The lowest BCUT2D eigenvalue weighted by molar-refractivity contribution is 0.0732. The van der Waals surface area contributed by atoms with Crippen LogP contribution >= 0.6 is 22.7 Å². The van der Waals surface area contributed by atoms with Gasteiger partial charge < -0.3 is 9.32 Å². The van der Waals surface area contributed by atoms with Gasteiger partial charge >= 0.3 is 0 Å². The van der Waals surface area contributed by atoms with E-state index in [4.69, 9.17) is 4.42 Å². The van der Waals surface area contributed by atoms with E-state index in [-0.39, 0.29) is 11.9 Å². The highest BCUT2D eigenvalue weighted by atomic mass is 32.1. The topological polar surface area (TPSA) is 46.3 Å². The zero-order chi connectivity index (χ0) is 15.8. The van der Waals surface area contributed by atoms with Crippen molar-refractivity contribution in [2.75, 3.05) is 6.54 Å². The van der Waals surface area contributed by atoms with Crippen LogP contribution in [0.3, 0.4) is 0 Å². The van der Waals surface area contributed by atoms with E-state index >= 15 is 0 Å². The van der Waals surface area contributed by atoms with Crippen LogP contribution in [0.15, 0.2) is 40.3 Å². The molecular formula is C17H16N2O2S2. The van der Waals surface area contributed by atoms with Crippen molar-refractivity contribution in [1.82, 2.24) is 9.88 Å². The molecule has 1 aliphatic heterocycles. The van der Waals surface area contributed by atoms with E-state index in [2.05, 4.69) is 16.4 Å². The van der Waals surface area contributed by atoms with Gasteiger partial charge in [0.05, 0.1) is 12.3 Å². The Bertz CT molecular complexity index is 806. The SMILES string of the molecule is Cc1sc(-c2ccco2)nc1C(=O)N1CCCC1c1cccs1. The van der Waals surface area contributed by atoms with Gasteiger partial charge in [0.1, 0.15) is 5.69 Å². The molecule has 1 unspecified atom stereocenters. The first-order valence-electron chi connectivity index (χ1n) is 7.59. The number of carbonyl (C=O) groups excluding carboxylic acids is 1. The average Bonchev–Trinajstić information content (AvgIpc) is 3.31. The summed E-state index contributed by atoms with van der Waals surface area (Å²) in [6.07, 6.45) is 3.70. The highest BCUT2D eigenvalue weighted by molar-refractivity contribution is 7.15. The lowest BCUT2D eigenvalue weighted by Crippen LogP contribution is -2.30. The zero-order valence-electron chi connectivity index (χ0n) is 12.7. The molecule has 0 radical (unpaired) electrons. The molecule has 1 saturated heterocycles. The van der Waals surface area contributed by atoms with E-state index < -0.39 is 0 Å². The Kier molecular flexibility index (Phi) is 3.79. The van der Waals surface area contributed by atoms with Crippen LogP contribution in [-0.2, 0) is 0 Å². The maximum absolute atomic E-state index is 13.0. The van der Waals surface area contributed by atoms with Gasteiger partial charge in [-0.15, -0.1) is 22.7 Å². The van der Waals surface area contributed by atoms with Crippen LogP contribution in [0.2, 0.25) is 0 Å². The second-order valence-corrected chi connectivity index (χ2v) is 7.76. The molecule has 6 heteroatoms. The molecule has 0 bridgehead atoms. The number of thiophene rings is 1. The Hall–Kier alpha value is -1.92. The minimum absolute atomic E-state index is 0.0347. The summed E-state index contributed by atoms with van der Waals surface area (Å²) in [5.41, 5.74) is 0.560. The van der Waals surface area contributed by atoms with Gasteiger partial charge in [-0.2, -0.15) is 0 Å². The van der Waals surface area contributed by atoms with Crippen LogP contribution in [0.5, 0.6) is 0 Å². The minimum atomic E-state index is 0.0347. The zero-order valence-corrected chi connectivity index (χ0v) is 14.3. The predicted octanol–water partition coefficient (Wildman–Crippen LogP) is 4.75. The van der Waals surface area contributed by atoms with Gasteiger partial charge in [0.15, 0.2) is 10.8 Å². The number of thiazole rings is 1. The lowest BCUT2D eigenvalue weighted by atomic mass is 10.2. The normalized spacial score (nSPS) is 17.8. The van der Waals surface area contributed by atoms with Crippen molar-refractivity contribution in [3.05, 3.63) is 51.4 Å². The van der Waals surface area contributed by atoms with Crippen molar-refractivity contribution in [2.45, 2.75) is 25.8 Å². The molecule has 1 fully saturated rings. The number of aromatic nitrogens is 1. The Labute approximate surface area is 142 Å². The smallest absolute Gasteiger partial charge is 0.274 e. The summed E-state index contributed by atoms with van der Waals surface area (Å²) in [6.45, 7) is 2.75. The molecule has 0 N–H and O–H groups in total. The maximum atomic E-state index is 13.0.